The van der Waals surface area contributed by atoms with Gasteiger partial charge in [0.2, 0.25) is 0 Å². The summed E-state index contributed by atoms with van der Waals surface area (Å²) in [6.45, 7) is 14.8. The average molecular weight is 302 g/mol. The van der Waals surface area contributed by atoms with E-state index < -0.39 is 0 Å². The van der Waals surface area contributed by atoms with Crippen molar-refractivity contribution in [2.45, 2.75) is 66.2 Å². The third-order valence-corrected chi connectivity index (χ3v) is 5.42. The van der Waals surface area contributed by atoms with E-state index in [1.165, 1.54) is 52.6 Å². The molecule has 0 aliphatic heterocycles. The van der Waals surface area contributed by atoms with Gasteiger partial charge in [0.05, 0.1) is 0 Å². The first-order valence-electron chi connectivity index (χ1n) is 8.44. The largest absolute Gasteiger partial charge is 0.124 e. The summed E-state index contributed by atoms with van der Waals surface area (Å²) >= 11 is 0. The van der Waals surface area contributed by atoms with Crippen LogP contribution in [0, 0.1) is 0 Å². The molecule has 0 aliphatic rings. The van der Waals surface area contributed by atoms with Crippen molar-refractivity contribution in [3.8, 4) is 0 Å². The first-order chi connectivity index (χ1) is 10.2. The number of fused-ring (bicyclic) bond motifs is 1. The number of rotatable bonds is 6. The van der Waals surface area contributed by atoms with E-state index in [1.54, 1.807) is 0 Å². The third kappa shape index (κ3) is 4.75. The zero-order chi connectivity index (χ0) is 15.8. The van der Waals surface area contributed by atoms with Gasteiger partial charge in [0.1, 0.15) is 0 Å². The molecule has 1 atom stereocenters. The maximum atomic E-state index is 4.08. The summed E-state index contributed by atoms with van der Waals surface area (Å²) in [6, 6.07) is 9.47. The Morgan fingerprint density at radius 3 is 2.24 bits per heavy atom. The highest BCUT2D eigenvalue weighted by atomic mass is 31.0. The summed E-state index contributed by atoms with van der Waals surface area (Å²) in [7, 11) is 0.805. The molecule has 2 aromatic rings. The molecule has 1 unspecified atom stereocenters. The summed E-state index contributed by atoms with van der Waals surface area (Å²) in [4.78, 5) is 0. The van der Waals surface area contributed by atoms with Gasteiger partial charge in [-0.15, -0.1) is 8.19 Å². The van der Waals surface area contributed by atoms with E-state index in [2.05, 4.69) is 51.6 Å². The molecule has 0 fully saturated rings. The molecule has 0 aliphatic carbocycles. The minimum atomic E-state index is 0.742. The van der Waals surface area contributed by atoms with Crippen molar-refractivity contribution in [1.82, 2.24) is 0 Å². The molecule has 0 N–H and O–H groups in total. The molecule has 0 spiro atoms. The quantitative estimate of drug-likeness (QED) is 0.515. The first-order valence-corrected chi connectivity index (χ1v) is 9.44. The van der Waals surface area contributed by atoms with Gasteiger partial charge < -0.3 is 0 Å². The van der Waals surface area contributed by atoms with Gasteiger partial charge in [0.15, 0.2) is 0 Å². The molecule has 21 heavy (non-hydrogen) atoms. The van der Waals surface area contributed by atoms with Crippen LogP contribution in [-0.2, 0) is 0 Å². The molecule has 0 saturated carbocycles. The van der Waals surface area contributed by atoms with Crippen molar-refractivity contribution >= 4 is 24.3 Å². The van der Waals surface area contributed by atoms with Gasteiger partial charge in [-0.2, -0.15) is 0 Å². The molecule has 2 rings (SSSR count). The lowest BCUT2D eigenvalue weighted by Gasteiger charge is -2.15. The second-order valence-electron chi connectivity index (χ2n) is 5.58. The van der Waals surface area contributed by atoms with Gasteiger partial charge >= 0.3 is 0 Å². The van der Waals surface area contributed by atoms with Crippen molar-refractivity contribution in [3.63, 3.8) is 0 Å². The zero-order valence-electron chi connectivity index (χ0n) is 14.4. The van der Waals surface area contributed by atoms with Crippen molar-refractivity contribution in [3.05, 3.63) is 41.7 Å². The summed E-state index contributed by atoms with van der Waals surface area (Å²) in [5.74, 6) is 0.742. The van der Waals surface area contributed by atoms with Crippen LogP contribution in [0.4, 0.5) is 0 Å². The van der Waals surface area contributed by atoms with E-state index >= 15 is 0 Å². The Morgan fingerprint density at radius 1 is 1.10 bits per heavy atom. The molecule has 0 saturated heterocycles. The van der Waals surface area contributed by atoms with Crippen LogP contribution in [0.5, 0.6) is 0 Å². The highest BCUT2D eigenvalue weighted by Gasteiger charge is 2.11. The highest BCUT2D eigenvalue weighted by molar-refractivity contribution is 7.38. The van der Waals surface area contributed by atoms with Crippen molar-refractivity contribution < 1.29 is 0 Å². The highest BCUT2D eigenvalue weighted by Crippen LogP contribution is 2.37. The predicted octanol–water partition coefficient (Wildman–Crippen LogP) is 7.61. The number of hydrogen-bond acceptors (Lipinski definition) is 0. The second-order valence-corrected chi connectivity index (χ2v) is 6.91. The molecule has 1 aromatic heterocycles. The molecule has 0 radical (unpaired) electrons. The lowest BCUT2D eigenvalue weighted by atomic mass is 9.90. The molecular weight excluding hydrogens is 271 g/mol. The molecule has 0 bridgehead atoms. The summed E-state index contributed by atoms with van der Waals surface area (Å²) in [5.41, 5.74) is 2.75. The smallest absolute Gasteiger partial charge is 0.00120 e. The van der Waals surface area contributed by atoms with E-state index in [0.717, 1.165) is 14.1 Å². The minimum absolute atomic E-state index is 0.742. The van der Waals surface area contributed by atoms with E-state index in [0.29, 0.717) is 0 Å². The van der Waals surface area contributed by atoms with Crippen LogP contribution in [0.1, 0.15) is 77.1 Å². The lowest BCUT2D eigenvalue weighted by Crippen LogP contribution is -1.97. The fourth-order valence-corrected chi connectivity index (χ4v) is 4.00. The van der Waals surface area contributed by atoms with Crippen LogP contribution in [0.3, 0.4) is 0 Å². The standard InChI is InChI=1S/C18H25P.C2H6/c1-5-7-14(8-6-2)15-9-10-17-16(11-15)12-18(19-17)13(3)4;1-2/h9-12,14,19H,3,5-8H2,1-2,4H3;1-2H3. The number of allylic oxidation sites excluding steroid dienone is 1. The van der Waals surface area contributed by atoms with Gasteiger partial charge in [-0.25, -0.2) is 0 Å². The van der Waals surface area contributed by atoms with Gasteiger partial charge in [0, 0.05) is 0 Å². The predicted molar refractivity (Wildman–Crippen MR) is 102 cm³/mol. The zero-order valence-corrected chi connectivity index (χ0v) is 15.4. The van der Waals surface area contributed by atoms with Gasteiger partial charge in [-0.3, -0.25) is 0 Å². The SMILES string of the molecule is C=C(C)c1cc2cc(C(CCC)CCC)ccc2[pH]1.CC. The van der Waals surface area contributed by atoms with E-state index in [9.17, 15) is 0 Å². The third-order valence-electron chi connectivity index (χ3n) is 3.85. The maximum absolute atomic E-state index is 4.08. The Labute approximate surface area is 132 Å². The van der Waals surface area contributed by atoms with Crippen molar-refractivity contribution in [2.75, 3.05) is 0 Å². The molecule has 0 nitrogen and oxygen atoms in total. The summed E-state index contributed by atoms with van der Waals surface area (Å²) in [5, 5.41) is 4.36. The molecule has 1 heteroatoms. The maximum Gasteiger partial charge on any atom is -0.00120 e. The van der Waals surface area contributed by atoms with Gasteiger partial charge in [-0.1, -0.05) is 65.3 Å². The fourth-order valence-electron chi connectivity index (χ4n) is 2.81. The Morgan fingerprint density at radius 2 is 1.71 bits per heavy atom. The van der Waals surface area contributed by atoms with Crippen LogP contribution in [0.15, 0.2) is 30.8 Å². The number of benzene rings is 1. The average Bonchev–Trinajstić information content (AvgIpc) is 2.92. The van der Waals surface area contributed by atoms with Gasteiger partial charge in [0.25, 0.3) is 0 Å². The van der Waals surface area contributed by atoms with E-state index in [-0.39, 0.29) is 0 Å². The monoisotopic (exact) mass is 302 g/mol. The minimum Gasteiger partial charge on any atom is -0.124 e. The second kappa shape index (κ2) is 9.11. The van der Waals surface area contributed by atoms with Crippen LogP contribution >= 0.6 is 8.19 Å². The Balaban J connectivity index is 0.00000106. The van der Waals surface area contributed by atoms with Crippen molar-refractivity contribution in [1.29, 1.82) is 0 Å². The van der Waals surface area contributed by atoms with Crippen LogP contribution in [-0.4, -0.2) is 0 Å². The summed E-state index contributed by atoms with van der Waals surface area (Å²) in [6.07, 6.45) is 5.17. The Kier molecular flexibility index (Phi) is 7.83. The molecule has 116 valence electrons. The van der Waals surface area contributed by atoms with Crippen molar-refractivity contribution in [2.24, 2.45) is 0 Å². The van der Waals surface area contributed by atoms with Crippen LogP contribution < -0.4 is 0 Å². The molecule has 0 amide bonds. The topological polar surface area (TPSA) is 0 Å². The first kappa shape index (κ1) is 18.1. The van der Waals surface area contributed by atoms with E-state index in [1.807, 2.05) is 13.8 Å². The Hall–Kier alpha value is -1.000. The van der Waals surface area contributed by atoms with Crippen LogP contribution in [0.25, 0.3) is 16.1 Å². The van der Waals surface area contributed by atoms with Crippen LogP contribution in [0.2, 0.25) is 0 Å². The van der Waals surface area contributed by atoms with Gasteiger partial charge in [-0.05, 0) is 58.7 Å². The fraction of sp³-hybridized carbons (Fsp3) is 0.500. The Bertz CT molecular complexity index is 556. The normalized spacial score (nSPS) is 11.0. The molecule has 1 aromatic carbocycles. The lowest BCUT2D eigenvalue weighted by molar-refractivity contribution is 0.561. The molecular formula is C20H31P. The number of hydrogen-bond donors (Lipinski definition) is 0. The molecule has 1 heterocycles. The summed E-state index contributed by atoms with van der Waals surface area (Å²) < 4.78 is 0. The van der Waals surface area contributed by atoms with E-state index in [4.69, 9.17) is 0 Å².